The Morgan fingerprint density at radius 3 is 2.36 bits per heavy atom. The molecule has 1 aromatic heterocycles. The van der Waals surface area contributed by atoms with Crippen molar-refractivity contribution in [1.29, 1.82) is 0 Å². The fourth-order valence-electron chi connectivity index (χ4n) is 2.58. The van der Waals surface area contributed by atoms with Gasteiger partial charge in [0.1, 0.15) is 0 Å². The van der Waals surface area contributed by atoms with Crippen molar-refractivity contribution in [1.82, 2.24) is 20.3 Å². The minimum Gasteiger partial charge on any atom is -0.352 e. The normalized spacial score (nSPS) is 14.5. The summed E-state index contributed by atoms with van der Waals surface area (Å²) in [7, 11) is -1.68. The molecule has 1 aromatic carbocycles. The Bertz CT molecular complexity index is 922. The molecule has 2 aromatic rings. The van der Waals surface area contributed by atoms with Crippen molar-refractivity contribution in [2.75, 3.05) is 7.05 Å². The maximum Gasteiger partial charge on any atom is 0.240 e. The molecule has 1 saturated carbocycles. The summed E-state index contributed by atoms with van der Waals surface area (Å²) in [6, 6.07) is 7.02. The molecule has 1 aliphatic rings. The van der Waals surface area contributed by atoms with Crippen LogP contribution in [0.5, 0.6) is 0 Å². The third kappa shape index (κ3) is 6.39. The van der Waals surface area contributed by atoms with E-state index < -0.39 is 10.0 Å². The van der Waals surface area contributed by atoms with Crippen LogP contribution < -0.4 is 15.4 Å². The number of hydrogen-bond donors (Lipinski definition) is 3. The molecule has 1 heterocycles. The lowest BCUT2D eigenvalue weighted by Gasteiger charge is -2.12. The van der Waals surface area contributed by atoms with Crippen LogP contribution in [0.1, 0.15) is 34.0 Å². The van der Waals surface area contributed by atoms with Crippen LogP contribution in [0.15, 0.2) is 34.2 Å². The number of benzene rings is 1. The number of nitrogens with one attached hydrogen (secondary N) is 3. The van der Waals surface area contributed by atoms with Gasteiger partial charge in [-0.25, -0.2) is 18.1 Å². The van der Waals surface area contributed by atoms with E-state index in [0.29, 0.717) is 23.9 Å². The number of nitrogens with zero attached hydrogens (tertiary/aromatic N) is 2. The first kappa shape index (κ1) is 23.0. The van der Waals surface area contributed by atoms with E-state index in [1.165, 1.54) is 4.88 Å². The highest BCUT2D eigenvalue weighted by atomic mass is 127. The summed E-state index contributed by atoms with van der Waals surface area (Å²) >= 11 is 1.67. The third-order valence-electron chi connectivity index (χ3n) is 4.23. The summed E-state index contributed by atoms with van der Waals surface area (Å²) in [5.74, 6) is 0.688. The van der Waals surface area contributed by atoms with Crippen LogP contribution in [0.3, 0.4) is 0 Å². The zero-order chi connectivity index (χ0) is 19.4. The maximum absolute atomic E-state index is 12.2. The van der Waals surface area contributed by atoms with Gasteiger partial charge in [0, 0.05) is 24.5 Å². The molecule has 0 amide bonds. The first-order valence-corrected chi connectivity index (χ1v) is 11.2. The van der Waals surface area contributed by atoms with Gasteiger partial charge in [0.05, 0.1) is 22.1 Å². The molecule has 0 bridgehead atoms. The van der Waals surface area contributed by atoms with Crippen molar-refractivity contribution in [2.45, 2.75) is 50.7 Å². The van der Waals surface area contributed by atoms with Gasteiger partial charge < -0.3 is 10.6 Å². The first-order valence-electron chi connectivity index (χ1n) is 8.86. The van der Waals surface area contributed by atoms with E-state index in [0.717, 1.165) is 29.1 Å². The molecule has 28 heavy (non-hydrogen) atoms. The Morgan fingerprint density at radius 2 is 1.82 bits per heavy atom. The zero-order valence-corrected chi connectivity index (χ0v) is 20.1. The quantitative estimate of drug-likeness (QED) is 0.288. The van der Waals surface area contributed by atoms with E-state index in [4.69, 9.17) is 0 Å². The Morgan fingerprint density at radius 1 is 1.18 bits per heavy atom. The lowest BCUT2D eigenvalue weighted by Crippen LogP contribution is -2.36. The topological polar surface area (TPSA) is 95.5 Å². The van der Waals surface area contributed by atoms with Gasteiger partial charge in [-0.2, -0.15) is 0 Å². The minimum absolute atomic E-state index is 0. The summed E-state index contributed by atoms with van der Waals surface area (Å²) in [5.41, 5.74) is 2.02. The number of halogens is 1. The van der Waals surface area contributed by atoms with Gasteiger partial charge in [-0.05, 0) is 44.4 Å². The summed E-state index contributed by atoms with van der Waals surface area (Å²) in [5, 5.41) is 7.57. The summed E-state index contributed by atoms with van der Waals surface area (Å²) in [4.78, 5) is 10.1. The molecule has 1 fully saturated rings. The average Bonchev–Trinajstić information content (AvgIpc) is 3.37. The largest absolute Gasteiger partial charge is 0.352 e. The molecule has 0 saturated heterocycles. The number of aryl methyl sites for hydroxylation is 2. The number of aromatic nitrogens is 1. The molecule has 0 aliphatic heterocycles. The van der Waals surface area contributed by atoms with Crippen LogP contribution in [0, 0.1) is 13.8 Å². The second kappa shape index (κ2) is 9.99. The average molecular weight is 535 g/mol. The molecule has 154 valence electrons. The van der Waals surface area contributed by atoms with Crippen molar-refractivity contribution in [3.05, 3.63) is 45.4 Å². The lowest BCUT2D eigenvalue weighted by molar-refractivity contribution is 0.581. The monoisotopic (exact) mass is 535 g/mol. The summed E-state index contributed by atoms with van der Waals surface area (Å²) in [6.45, 7) is 5.22. The van der Waals surface area contributed by atoms with Gasteiger partial charge in [0.25, 0.3) is 0 Å². The number of sulfonamides is 1. The molecule has 0 unspecified atom stereocenters. The van der Waals surface area contributed by atoms with Crippen molar-refractivity contribution >= 4 is 51.3 Å². The van der Waals surface area contributed by atoms with Crippen molar-refractivity contribution < 1.29 is 8.42 Å². The lowest BCUT2D eigenvalue weighted by atomic mass is 10.2. The second-order valence-electron chi connectivity index (χ2n) is 6.56. The van der Waals surface area contributed by atoms with Crippen LogP contribution >= 0.6 is 35.3 Å². The predicted molar refractivity (Wildman–Crippen MR) is 124 cm³/mol. The molecule has 10 heteroatoms. The molecular weight excluding hydrogens is 509 g/mol. The van der Waals surface area contributed by atoms with E-state index in [1.807, 2.05) is 26.0 Å². The van der Waals surface area contributed by atoms with E-state index in [2.05, 4.69) is 25.3 Å². The van der Waals surface area contributed by atoms with E-state index in [-0.39, 0.29) is 30.0 Å². The minimum atomic E-state index is -3.40. The molecule has 3 N–H and O–H groups in total. The molecular formula is C18H26IN5O2S2. The predicted octanol–water partition coefficient (Wildman–Crippen LogP) is 2.68. The molecule has 1 aliphatic carbocycles. The fraction of sp³-hybridized carbons (Fsp3) is 0.444. The highest BCUT2D eigenvalue weighted by Crippen LogP contribution is 2.22. The van der Waals surface area contributed by atoms with Gasteiger partial charge in [-0.1, -0.05) is 12.1 Å². The molecule has 3 rings (SSSR count). The summed E-state index contributed by atoms with van der Waals surface area (Å²) in [6.07, 6.45) is 1.85. The first-order chi connectivity index (χ1) is 12.9. The number of hydrogen-bond acceptors (Lipinski definition) is 5. The van der Waals surface area contributed by atoms with Gasteiger partial charge in [0.15, 0.2) is 5.96 Å². The van der Waals surface area contributed by atoms with Gasteiger partial charge in [-0.15, -0.1) is 35.3 Å². The van der Waals surface area contributed by atoms with Crippen LogP contribution in [0.2, 0.25) is 0 Å². The van der Waals surface area contributed by atoms with Crippen molar-refractivity contribution in [3.8, 4) is 0 Å². The highest BCUT2D eigenvalue weighted by Gasteiger charge is 2.27. The molecule has 0 atom stereocenters. The van der Waals surface area contributed by atoms with E-state index in [1.54, 1.807) is 30.5 Å². The van der Waals surface area contributed by atoms with Gasteiger partial charge >= 0.3 is 0 Å². The number of aliphatic imine (C=N–C) groups is 1. The standard InChI is InChI=1S/C18H25N5O2S2.HI/c1-12-17(26-13(2)22-12)11-21-18(19-3)20-10-14-4-8-16(9-5-14)27(24,25)23-15-6-7-15;/h4-5,8-9,15,23H,6-7,10-11H2,1-3H3,(H2,19,20,21);1H. The Hall–Kier alpha value is -1.24. The number of thiazole rings is 1. The van der Waals surface area contributed by atoms with E-state index >= 15 is 0 Å². The van der Waals surface area contributed by atoms with Gasteiger partial charge in [0.2, 0.25) is 10.0 Å². The molecule has 7 nitrogen and oxygen atoms in total. The smallest absolute Gasteiger partial charge is 0.240 e. The van der Waals surface area contributed by atoms with E-state index in [9.17, 15) is 8.42 Å². The Labute approximate surface area is 187 Å². The highest BCUT2D eigenvalue weighted by molar-refractivity contribution is 14.0. The SMILES string of the molecule is CN=C(NCc1ccc(S(=O)(=O)NC2CC2)cc1)NCc1sc(C)nc1C.I. The van der Waals surface area contributed by atoms with Crippen molar-refractivity contribution in [2.24, 2.45) is 4.99 Å². The molecule has 0 spiro atoms. The Kier molecular flexibility index (Phi) is 8.22. The third-order valence-corrected chi connectivity index (χ3v) is 6.84. The van der Waals surface area contributed by atoms with Crippen LogP contribution in [0.4, 0.5) is 0 Å². The van der Waals surface area contributed by atoms with Crippen LogP contribution in [-0.2, 0) is 23.1 Å². The summed E-state index contributed by atoms with van der Waals surface area (Å²) < 4.78 is 27.1. The number of rotatable bonds is 7. The van der Waals surface area contributed by atoms with Crippen molar-refractivity contribution in [3.63, 3.8) is 0 Å². The fourth-order valence-corrected chi connectivity index (χ4v) is 4.76. The Balaban J connectivity index is 0.00000280. The van der Waals surface area contributed by atoms with Crippen LogP contribution in [0.25, 0.3) is 0 Å². The number of guanidine groups is 1. The van der Waals surface area contributed by atoms with Gasteiger partial charge in [-0.3, -0.25) is 4.99 Å². The molecule has 0 radical (unpaired) electrons. The van der Waals surface area contributed by atoms with Crippen LogP contribution in [-0.4, -0.2) is 32.5 Å². The zero-order valence-electron chi connectivity index (χ0n) is 16.2. The maximum atomic E-state index is 12.2. The second-order valence-corrected chi connectivity index (χ2v) is 9.56.